The average Bonchev–Trinajstić information content (AvgIpc) is 3.59. The second kappa shape index (κ2) is 21.0. The van der Waals surface area contributed by atoms with Gasteiger partial charge in [-0.15, -0.1) is 0 Å². The van der Waals surface area contributed by atoms with Crippen molar-refractivity contribution in [3.05, 3.63) is 63.5 Å². The van der Waals surface area contributed by atoms with Gasteiger partial charge in [0.15, 0.2) is 0 Å². The standard InChI is InChI=1S/C50H67F2N10O6.In/c1-31(63)60-22-16-37(34(26-60)27-61-17-6-7-33-23-41(49(2,29-53)30-54-4)50(3,48(51)52)24-40(33)61)56-35-14-20-59(21-15-35)43(65)28-58-18-12-32(13-19-58)25-55-38-9-5-8-36-44(38)47(68)62(46(36)67)39-10-11-42(64)57-45(39)66;/h5,8-9,23,27,29,32,35,39,48,53-56H,6-7,10-22,24-26,28,30H2,1-4H3,(H,57,64,66);. The van der Waals surface area contributed by atoms with E-state index >= 15 is 8.78 Å². The first-order valence-electron chi connectivity index (χ1n) is 24.7. The van der Waals surface area contributed by atoms with E-state index in [1.54, 1.807) is 39.1 Å². The molecule has 0 aromatic heterocycles. The Kier molecular flexibility index (Phi) is 15.4. The van der Waals surface area contributed by atoms with Crippen LogP contribution < -0.4 is 21.3 Å². The summed E-state index contributed by atoms with van der Waals surface area (Å²) >= 11 is 0.819. The quantitative estimate of drug-likeness (QED) is 0.128. The van der Waals surface area contributed by atoms with Crippen molar-refractivity contribution in [1.82, 2.24) is 40.4 Å². The number of benzene rings is 1. The molecule has 8 rings (SSSR count). The molecule has 3 saturated heterocycles. The van der Waals surface area contributed by atoms with Gasteiger partial charge in [0.1, 0.15) is 6.04 Å². The fraction of sp³-hybridized carbons (Fsp3) is 0.620. The van der Waals surface area contributed by atoms with Crippen LogP contribution in [0.1, 0.15) is 106 Å². The molecule has 3 fully saturated rings. The van der Waals surface area contributed by atoms with Crippen LogP contribution in [0, 0.1) is 22.2 Å². The van der Waals surface area contributed by atoms with Crippen LogP contribution in [-0.2, 0) is 19.2 Å². The summed E-state index contributed by atoms with van der Waals surface area (Å²) in [7, 11) is 1.79. The molecule has 0 saturated carbocycles. The van der Waals surface area contributed by atoms with Crippen molar-refractivity contribution in [3.8, 4) is 0 Å². The zero-order valence-electron chi connectivity index (χ0n) is 40.4. The number of nitrogens with zero attached hydrogens (tertiary/aromatic N) is 5. The topological polar surface area (TPSA) is 191 Å². The van der Waals surface area contributed by atoms with E-state index in [0.717, 1.165) is 110 Å². The van der Waals surface area contributed by atoms with Gasteiger partial charge in [-0.3, -0.25) is 29.4 Å². The molecule has 6 aliphatic heterocycles. The molecule has 6 amide bonds. The molecule has 16 nitrogen and oxygen atoms in total. The molecule has 4 atom stereocenters. The number of halogens is 2. The third-order valence-corrected chi connectivity index (χ3v) is 18.0. The second-order valence-corrected chi connectivity index (χ2v) is 22.3. The number of fused-ring (bicyclic) bond motifs is 1. The van der Waals surface area contributed by atoms with E-state index in [1.807, 2.05) is 22.8 Å². The summed E-state index contributed by atoms with van der Waals surface area (Å²) in [5.41, 5.74) is 3.70. The number of imide groups is 2. The molecule has 19 heteroatoms. The molecular weight excluding hydrogens is 989 g/mol. The maximum atomic E-state index is 15.3. The molecule has 2 radical (unpaired) electrons. The number of rotatable bonds is 15. The number of likely N-dealkylation sites (tertiary alicyclic amines) is 2. The number of amides is 6. The van der Waals surface area contributed by atoms with Crippen molar-refractivity contribution >= 4 is 71.7 Å². The Bertz CT molecular complexity index is 2340. The Morgan fingerprint density at radius 3 is 2.39 bits per heavy atom. The molecule has 0 bridgehead atoms. The number of piperidine rings is 3. The Morgan fingerprint density at radius 2 is 1.72 bits per heavy atom. The van der Waals surface area contributed by atoms with Crippen LogP contribution in [-0.4, -0.2) is 185 Å². The number of carbonyl (C=O) groups excluding carboxylic acids is 6. The van der Waals surface area contributed by atoms with Gasteiger partial charge in [0.05, 0.1) is 11.1 Å². The predicted octanol–water partition coefficient (Wildman–Crippen LogP) is 3.62. The van der Waals surface area contributed by atoms with Gasteiger partial charge in [-0.1, -0.05) is 6.07 Å². The van der Waals surface area contributed by atoms with Gasteiger partial charge in [0.25, 0.3) is 11.8 Å². The van der Waals surface area contributed by atoms with Crippen LogP contribution in [0.2, 0.25) is 0 Å². The summed E-state index contributed by atoms with van der Waals surface area (Å²) in [4.78, 5) is 86.9. The zero-order chi connectivity index (χ0) is 49.4. The number of anilines is 1. The van der Waals surface area contributed by atoms with Gasteiger partial charge in [0, 0.05) is 18.7 Å². The van der Waals surface area contributed by atoms with Crippen LogP contribution in [0.4, 0.5) is 14.5 Å². The van der Waals surface area contributed by atoms with Crippen LogP contribution in [0.3, 0.4) is 0 Å². The van der Waals surface area contributed by atoms with Gasteiger partial charge >= 0.3 is 283 Å². The van der Waals surface area contributed by atoms with Crippen molar-refractivity contribution in [2.24, 2.45) is 16.7 Å². The van der Waals surface area contributed by atoms with Crippen molar-refractivity contribution in [2.45, 2.75) is 107 Å². The van der Waals surface area contributed by atoms with Gasteiger partial charge in [-0.2, -0.15) is 0 Å². The molecule has 1 aliphatic carbocycles. The number of alkyl halides is 2. The van der Waals surface area contributed by atoms with Crippen LogP contribution >= 0.6 is 0 Å². The summed E-state index contributed by atoms with van der Waals surface area (Å²) in [6.07, 6.45) is 6.71. The fourth-order valence-electron chi connectivity index (χ4n) is 11.7. The molecule has 7 aliphatic rings. The Labute approximate surface area is 418 Å². The van der Waals surface area contributed by atoms with Crippen molar-refractivity contribution < 1.29 is 37.5 Å². The average molecular weight is 1060 g/mol. The molecule has 1 aromatic rings. The van der Waals surface area contributed by atoms with Crippen molar-refractivity contribution in [3.63, 3.8) is 0 Å². The first-order chi connectivity index (χ1) is 33.0. The van der Waals surface area contributed by atoms with E-state index in [2.05, 4.69) is 31.1 Å². The van der Waals surface area contributed by atoms with E-state index < -0.39 is 46.9 Å². The Balaban J connectivity index is 0.852. The molecule has 370 valence electrons. The predicted molar refractivity (Wildman–Crippen MR) is 258 cm³/mol. The number of hydrogen-bond acceptors (Lipinski definition) is 12. The number of carbonyl (C=O) groups is 6. The first kappa shape index (κ1) is 50.8. The van der Waals surface area contributed by atoms with Gasteiger partial charge < -0.3 is 5.32 Å². The third-order valence-electron chi connectivity index (χ3n) is 15.9. The van der Waals surface area contributed by atoms with Crippen LogP contribution in [0.5, 0.6) is 0 Å². The molecular formula is C50H67F2InN10O6. The molecule has 69 heavy (non-hydrogen) atoms. The number of nitrogens with one attached hydrogen (secondary N) is 5. The van der Waals surface area contributed by atoms with Crippen molar-refractivity contribution in [1.29, 1.82) is 5.41 Å². The van der Waals surface area contributed by atoms with E-state index in [1.165, 1.54) is 6.21 Å². The van der Waals surface area contributed by atoms with Gasteiger partial charge in [0.2, 0.25) is 11.8 Å². The van der Waals surface area contributed by atoms with Gasteiger partial charge in [-0.05, 0) is 37.3 Å². The second-order valence-electron chi connectivity index (χ2n) is 20.5. The maximum absolute atomic E-state index is 15.3. The summed E-state index contributed by atoms with van der Waals surface area (Å²) in [5.74, 6) is -1.71. The van der Waals surface area contributed by atoms with Crippen molar-refractivity contribution in [2.75, 3.05) is 77.8 Å². The molecule has 1 aromatic carbocycles. The minimum atomic E-state index is -2.61. The molecule has 4 unspecified atom stereocenters. The van der Waals surface area contributed by atoms with Crippen LogP contribution in [0.25, 0.3) is 0 Å². The number of allylic oxidation sites excluding steroid dienone is 3. The summed E-state index contributed by atoms with van der Waals surface area (Å²) in [6.45, 7) is 11.1. The fourth-order valence-corrected chi connectivity index (χ4v) is 13.5. The first-order valence-corrected chi connectivity index (χ1v) is 26.6. The molecule has 0 spiro atoms. The third kappa shape index (κ3) is 10.3. The monoisotopic (exact) mass is 1060 g/mol. The Hall–Kier alpha value is -4.62. The zero-order valence-corrected chi connectivity index (χ0v) is 43.7. The Morgan fingerprint density at radius 1 is 0.986 bits per heavy atom. The molecule has 6 heterocycles. The summed E-state index contributed by atoms with van der Waals surface area (Å²) in [5, 5.41) is 20.9. The van der Waals surface area contributed by atoms with Crippen LogP contribution in [0.15, 0.2) is 52.4 Å². The SMILES string of the molecule is CNCC(C)(C=N)C1=CC2=C(CC1(C)C(F)F)N([CH]([In])C1=C(NC3CCN(C(=O)CN4CCC(CNc5cccc6c5C(=O)N(C5CCC(=O)NC5=O)C6=O)CC4)CC3)CCN(C(C)=O)C1)CCC2. The van der Waals surface area contributed by atoms with E-state index in [9.17, 15) is 28.8 Å². The summed E-state index contributed by atoms with van der Waals surface area (Å²) < 4.78 is 30.5. The van der Waals surface area contributed by atoms with E-state index in [0.29, 0.717) is 63.5 Å². The minimum absolute atomic E-state index is 0.0120. The number of hydrogen-bond donors (Lipinski definition) is 5. The van der Waals surface area contributed by atoms with E-state index in [-0.39, 0.29) is 58.0 Å². The summed E-state index contributed by atoms with van der Waals surface area (Å²) in [6, 6.07) is 4.20. The van der Waals surface area contributed by atoms with E-state index in [4.69, 9.17) is 5.41 Å². The molecule has 5 N–H and O–H groups in total. The van der Waals surface area contributed by atoms with Gasteiger partial charge in [-0.25, -0.2) is 0 Å². The normalized spacial score (nSPS) is 25.6.